The van der Waals surface area contributed by atoms with Gasteiger partial charge in [0.15, 0.2) is 0 Å². The van der Waals surface area contributed by atoms with Gasteiger partial charge >= 0.3 is 0 Å². The Morgan fingerprint density at radius 2 is 2.03 bits per heavy atom. The Kier molecular flexibility index (Phi) is 7.61. The number of carbonyl (C=O) groups excluding carboxylic acids is 2. The van der Waals surface area contributed by atoms with E-state index in [0.717, 1.165) is 30.4 Å². The van der Waals surface area contributed by atoms with E-state index in [0.29, 0.717) is 38.5 Å². The summed E-state index contributed by atoms with van der Waals surface area (Å²) in [6.07, 6.45) is 4.61. The Hall–Kier alpha value is -2.89. The SMILES string of the molecule is CCCOc1ncccc1CNC(=O)C1CCCN(C(=O)Cc2ccccc2)C1. The number of hydrogen-bond acceptors (Lipinski definition) is 4. The quantitative estimate of drug-likeness (QED) is 0.746. The van der Waals surface area contributed by atoms with Gasteiger partial charge in [-0.15, -0.1) is 0 Å². The highest BCUT2D eigenvalue weighted by Gasteiger charge is 2.28. The largest absolute Gasteiger partial charge is 0.477 e. The predicted octanol–water partition coefficient (Wildman–Crippen LogP) is 2.97. The van der Waals surface area contributed by atoms with Crippen LogP contribution in [0.15, 0.2) is 48.7 Å². The molecule has 2 heterocycles. The van der Waals surface area contributed by atoms with E-state index < -0.39 is 0 Å². The average Bonchev–Trinajstić information content (AvgIpc) is 2.77. The first kappa shape index (κ1) is 20.8. The summed E-state index contributed by atoms with van der Waals surface area (Å²) in [7, 11) is 0. The van der Waals surface area contributed by atoms with Crippen molar-refractivity contribution in [3.63, 3.8) is 0 Å². The van der Waals surface area contributed by atoms with Gasteiger partial charge in [0.2, 0.25) is 17.7 Å². The number of hydrogen-bond donors (Lipinski definition) is 1. The van der Waals surface area contributed by atoms with Crippen molar-refractivity contribution in [2.45, 2.75) is 39.2 Å². The van der Waals surface area contributed by atoms with Crippen molar-refractivity contribution in [3.8, 4) is 5.88 Å². The molecule has 0 bridgehead atoms. The third kappa shape index (κ3) is 6.04. The molecule has 1 saturated heterocycles. The van der Waals surface area contributed by atoms with Crippen LogP contribution in [-0.2, 0) is 22.6 Å². The number of ether oxygens (including phenoxy) is 1. The molecule has 1 fully saturated rings. The first-order valence-corrected chi connectivity index (χ1v) is 10.3. The minimum absolute atomic E-state index is 0.0208. The highest BCUT2D eigenvalue weighted by Crippen LogP contribution is 2.19. The molecule has 29 heavy (non-hydrogen) atoms. The number of benzene rings is 1. The van der Waals surface area contributed by atoms with E-state index in [1.54, 1.807) is 6.20 Å². The van der Waals surface area contributed by atoms with Gasteiger partial charge in [-0.3, -0.25) is 9.59 Å². The van der Waals surface area contributed by atoms with Crippen molar-refractivity contribution in [3.05, 3.63) is 59.8 Å². The van der Waals surface area contributed by atoms with E-state index in [2.05, 4.69) is 10.3 Å². The van der Waals surface area contributed by atoms with Gasteiger partial charge in [0.05, 0.1) is 18.9 Å². The Morgan fingerprint density at radius 1 is 1.21 bits per heavy atom. The van der Waals surface area contributed by atoms with Crippen LogP contribution in [0.2, 0.25) is 0 Å². The van der Waals surface area contributed by atoms with Crippen molar-refractivity contribution >= 4 is 11.8 Å². The molecular formula is C23H29N3O3. The van der Waals surface area contributed by atoms with Crippen molar-refractivity contribution in [2.75, 3.05) is 19.7 Å². The molecule has 0 saturated carbocycles. The van der Waals surface area contributed by atoms with Gasteiger partial charge < -0.3 is 15.0 Å². The summed E-state index contributed by atoms with van der Waals surface area (Å²) in [4.78, 5) is 31.4. The van der Waals surface area contributed by atoms with Gasteiger partial charge in [-0.05, 0) is 30.9 Å². The lowest BCUT2D eigenvalue weighted by atomic mass is 9.96. The van der Waals surface area contributed by atoms with E-state index in [9.17, 15) is 9.59 Å². The molecule has 0 aliphatic carbocycles. The van der Waals surface area contributed by atoms with Gasteiger partial charge in [0.25, 0.3) is 0 Å². The molecule has 0 spiro atoms. The molecule has 0 radical (unpaired) electrons. The first-order valence-electron chi connectivity index (χ1n) is 10.3. The smallest absolute Gasteiger partial charge is 0.227 e. The molecule has 1 N–H and O–H groups in total. The van der Waals surface area contributed by atoms with Crippen molar-refractivity contribution < 1.29 is 14.3 Å². The molecule has 6 nitrogen and oxygen atoms in total. The number of piperidine rings is 1. The summed E-state index contributed by atoms with van der Waals surface area (Å²) in [6, 6.07) is 13.5. The van der Waals surface area contributed by atoms with Crippen LogP contribution >= 0.6 is 0 Å². The first-order chi connectivity index (χ1) is 14.2. The summed E-state index contributed by atoms with van der Waals surface area (Å²) in [6.45, 7) is 4.20. The Bertz CT molecular complexity index is 810. The minimum Gasteiger partial charge on any atom is -0.477 e. The molecule has 6 heteroatoms. The summed E-state index contributed by atoms with van der Waals surface area (Å²) in [5, 5.41) is 3.00. The van der Waals surface area contributed by atoms with Crippen LogP contribution in [0.4, 0.5) is 0 Å². The molecule has 154 valence electrons. The molecule has 2 amide bonds. The number of rotatable bonds is 8. The molecule has 1 atom stereocenters. The standard InChI is InChI=1S/C23H29N3O3/c1-2-14-29-23-19(10-6-12-24-23)16-25-22(28)20-11-7-13-26(17-20)21(27)15-18-8-4-3-5-9-18/h3-6,8-10,12,20H,2,7,11,13-17H2,1H3,(H,25,28). The number of carbonyl (C=O) groups is 2. The van der Waals surface area contributed by atoms with E-state index >= 15 is 0 Å². The summed E-state index contributed by atoms with van der Waals surface area (Å²) in [5.74, 6) is 0.446. The number of pyridine rings is 1. The second-order valence-corrected chi connectivity index (χ2v) is 7.38. The van der Waals surface area contributed by atoms with Crippen LogP contribution in [0, 0.1) is 5.92 Å². The van der Waals surface area contributed by atoms with Gasteiger partial charge in [0.1, 0.15) is 0 Å². The third-order valence-corrected chi connectivity index (χ3v) is 5.09. The zero-order valence-electron chi connectivity index (χ0n) is 17.0. The van der Waals surface area contributed by atoms with E-state index in [4.69, 9.17) is 4.74 Å². The van der Waals surface area contributed by atoms with Gasteiger partial charge in [-0.2, -0.15) is 0 Å². The van der Waals surface area contributed by atoms with Crippen LogP contribution in [0.3, 0.4) is 0 Å². The zero-order valence-corrected chi connectivity index (χ0v) is 17.0. The number of likely N-dealkylation sites (tertiary alicyclic amines) is 1. The molecule has 1 aliphatic rings. The van der Waals surface area contributed by atoms with Crippen LogP contribution in [0.5, 0.6) is 5.88 Å². The van der Waals surface area contributed by atoms with Gasteiger partial charge in [-0.25, -0.2) is 4.98 Å². The van der Waals surface area contributed by atoms with E-state index in [-0.39, 0.29) is 17.7 Å². The lowest BCUT2D eigenvalue weighted by molar-refractivity contribution is -0.135. The van der Waals surface area contributed by atoms with Gasteiger partial charge in [-0.1, -0.05) is 43.3 Å². The van der Waals surface area contributed by atoms with Crippen molar-refractivity contribution in [1.29, 1.82) is 0 Å². The number of aromatic nitrogens is 1. The van der Waals surface area contributed by atoms with Crippen LogP contribution < -0.4 is 10.1 Å². The van der Waals surface area contributed by atoms with Crippen molar-refractivity contribution in [2.24, 2.45) is 5.92 Å². The fourth-order valence-electron chi connectivity index (χ4n) is 3.51. The van der Waals surface area contributed by atoms with Crippen LogP contribution in [-0.4, -0.2) is 41.4 Å². The monoisotopic (exact) mass is 395 g/mol. The summed E-state index contributed by atoms with van der Waals surface area (Å²) >= 11 is 0. The fourth-order valence-corrected chi connectivity index (χ4v) is 3.51. The van der Waals surface area contributed by atoms with Gasteiger partial charge in [0, 0.05) is 31.4 Å². The highest BCUT2D eigenvalue weighted by atomic mass is 16.5. The van der Waals surface area contributed by atoms with Crippen molar-refractivity contribution in [1.82, 2.24) is 15.2 Å². The highest BCUT2D eigenvalue weighted by molar-refractivity contribution is 5.82. The van der Waals surface area contributed by atoms with E-state index in [1.165, 1.54) is 0 Å². The molecular weight excluding hydrogens is 366 g/mol. The Labute approximate surface area is 172 Å². The number of amides is 2. The maximum atomic E-state index is 12.7. The molecule has 2 aromatic rings. The summed E-state index contributed by atoms with van der Waals surface area (Å²) < 4.78 is 5.65. The molecule has 1 aliphatic heterocycles. The second-order valence-electron chi connectivity index (χ2n) is 7.38. The van der Waals surface area contributed by atoms with Crippen LogP contribution in [0.25, 0.3) is 0 Å². The molecule has 1 aromatic heterocycles. The summed E-state index contributed by atoms with van der Waals surface area (Å²) in [5.41, 5.74) is 1.86. The number of nitrogens with one attached hydrogen (secondary N) is 1. The maximum Gasteiger partial charge on any atom is 0.227 e. The van der Waals surface area contributed by atoms with E-state index in [1.807, 2.05) is 54.3 Å². The molecule has 3 rings (SSSR count). The average molecular weight is 396 g/mol. The lowest BCUT2D eigenvalue weighted by Gasteiger charge is -2.32. The normalized spacial score (nSPS) is 16.3. The molecule has 1 unspecified atom stereocenters. The topological polar surface area (TPSA) is 71.5 Å². The minimum atomic E-state index is -0.180. The zero-order chi connectivity index (χ0) is 20.5. The lowest BCUT2D eigenvalue weighted by Crippen LogP contribution is -2.45. The third-order valence-electron chi connectivity index (χ3n) is 5.09. The molecule has 1 aromatic carbocycles. The second kappa shape index (κ2) is 10.6. The van der Waals surface area contributed by atoms with Crippen LogP contribution in [0.1, 0.15) is 37.3 Å². The Balaban J connectivity index is 1.53. The number of nitrogens with zero attached hydrogens (tertiary/aromatic N) is 2. The fraction of sp³-hybridized carbons (Fsp3) is 0.435. The maximum absolute atomic E-state index is 12.7. The Morgan fingerprint density at radius 3 is 2.83 bits per heavy atom. The predicted molar refractivity (Wildman–Crippen MR) is 111 cm³/mol.